The fraction of sp³-hybridized carbons (Fsp3) is 1.00. The number of rotatable bonds is 9. The molecule has 0 heterocycles. The molecule has 0 aromatic heterocycles. The second-order valence-electron chi connectivity index (χ2n) is 3.35. The minimum atomic E-state index is 0.323. The summed E-state index contributed by atoms with van der Waals surface area (Å²) in [4.78, 5) is 0. The van der Waals surface area contributed by atoms with Gasteiger partial charge in [0.15, 0.2) is 0 Å². The van der Waals surface area contributed by atoms with Crippen molar-refractivity contribution in [2.45, 2.75) is 32.8 Å². The van der Waals surface area contributed by atoms with E-state index in [1.807, 2.05) is 0 Å². The molecule has 13 heavy (non-hydrogen) atoms. The molecule has 80 valence electrons. The highest BCUT2D eigenvalue weighted by molar-refractivity contribution is 4.55. The third kappa shape index (κ3) is 9.80. The van der Waals surface area contributed by atoms with Crippen LogP contribution in [0.15, 0.2) is 0 Å². The van der Waals surface area contributed by atoms with Gasteiger partial charge in [-0.15, -0.1) is 0 Å². The van der Waals surface area contributed by atoms with Gasteiger partial charge in [-0.3, -0.25) is 0 Å². The first-order valence-corrected chi connectivity index (χ1v) is 5.25. The largest absolute Gasteiger partial charge is 0.380 e. The lowest BCUT2D eigenvalue weighted by Crippen LogP contribution is -2.28. The van der Waals surface area contributed by atoms with E-state index in [4.69, 9.17) is 4.74 Å². The maximum Gasteiger partial charge on any atom is 0.0667 e. The van der Waals surface area contributed by atoms with Crippen molar-refractivity contribution in [2.75, 3.05) is 33.3 Å². The number of nitrogens with one attached hydrogen (secondary N) is 2. The summed E-state index contributed by atoms with van der Waals surface area (Å²) < 4.78 is 5.12. The molecule has 1 unspecified atom stereocenters. The Morgan fingerprint density at radius 2 is 1.85 bits per heavy atom. The highest BCUT2D eigenvalue weighted by Gasteiger charge is 1.96. The second kappa shape index (κ2) is 9.96. The second-order valence-corrected chi connectivity index (χ2v) is 3.35. The maximum atomic E-state index is 5.12. The standard InChI is InChI=1S/C10H24N2O/c1-4-6-11-7-5-8-12-9-10(2)13-3/h10-12H,4-9H2,1-3H3. The smallest absolute Gasteiger partial charge is 0.0667 e. The van der Waals surface area contributed by atoms with Gasteiger partial charge in [-0.2, -0.15) is 0 Å². The number of hydrogen-bond acceptors (Lipinski definition) is 3. The highest BCUT2D eigenvalue weighted by atomic mass is 16.5. The van der Waals surface area contributed by atoms with E-state index in [-0.39, 0.29) is 0 Å². The molecule has 0 saturated carbocycles. The lowest BCUT2D eigenvalue weighted by molar-refractivity contribution is 0.117. The van der Waals surface area contributed by atoms with Crippen LogP contribution in [0.2, 0.25) is 0 Å². The third-order valence-electron chi connectivity index (χ3n) is 1.97. The Bertz CT molecular complexity index is 98.9. The molecule has 0 radical (unpaired) electrons. The lowest BCUT2D eigenvalue weighted by Gasteiger charge is -2.10. The van der Waals surface area contributed by atoms with Crippen molar-refractivity contribution in [1.82, 2.24) is 10.6 Å². The van der Waals surface area contributed by atoms with Gasteiger partial charge < -0.3 is 15.4 Å². The Kier molecular flexibility index (Phi) is 9.87. The molecule has 0 saturated heterocycles. The van der Waals surface area contributed by atoms with Gasteiger partial charge in [0.1, 0.15) is 0 Å². The molecule has 0 aliphatic heterocycles. The molecule has 0 rings (SSSR count). The average Bonchev–Trinajstić information content (AvgIpc) is 2.16. The van der Waals surface area contributed by atoms with Crippen LogP contribution in [-0.4, -0.2) is 39.4 Å². The zero-order valence-electron chi connectivity index (χ0n) is 9.23. The summed E-state index contributed by atoms with van der Waals surface area (Å²) in [6.07, 6.45) is 2.73. The van der Waals surface area contributed by atoms with E-state index >= 15 is 0 Å². The van der Waals surface area contributed by atoms with Gasteiger partial charge in [0.25, 0.3) is 0 Å². The SMILES string of the molecule is CCCNCCCNCC(C)OC. The van der Waals surface area contributed by atoms with Crippen LogP contribution in [0.4, 0.5) is 0 Å². The Morgan fingerprint density at radius 3 is 2.46 bits per heavy atom. The average molecular weight is 188 g/mol. The lowest BCUT2D eigenvalue weighted by atomic mass is 10.3. The monoisotopic (exact) mass is 188 g/mol. The zero-order chi connectivity index (χ0) is 9.94. The van der Waals surface area contributed by atoms with Gasteiger partial charge in [0, 0.05) is 13.7 Å². The van der Waals surface area contributed by atoms with Crippen molar-refractivity contribution in [2.24, 2.45) is 0 Å². The van der Waals surface area contributed by atoms with E-state index in [2.05, 4.69) is 24.5 Å². The third-order valence-corrected chi connectivity index (χ3v) is 1.97. The predicted octanol–water partition coefficient (Wildman–Crippen LogP) is 1.00. The molecule has 3 nitrogen and oxygen atoms in total. The first kappa shape index (κ1) is 12.9. The van der Waals surface area contributed by atoms with Gasteiger partial charge in [-0.1, -0.05) is 6.92 Å². The van der Waals surface area contributed by atoms with E-state index in [1.54, 1.807) is 7.11 Å². The van der Waals surface area contributed by atoms with Crippen molar-refractivity contribution in [3.05, 3.63) is 0 Å². The predicted molar refractivity (Wildman–Crippen MR) is 57.1 cm³/mol. The van der Waals surface area contributed by atoms with Crippen LogP contribution < -0.4 is 10.6 Å². The number of hydrogen-bond donors (Lipinski definition) is 2. The van der Waals surface area contributed by atoms with Gasteiger partial charge in [0.2, 0.25) is 0 Å². The van der Waals surface area contributed by atoms with E-state index in [0.717, 1.165) is 26.2 Å². The van der Waals surface area contributed by atoms with Crippen LogP contribution in [0.1, 0.15) is 26.7 Å². The molecule has 1 atom stereocenters. The van der Waals surface area contributed by atoms with Crippen LogP contribution in [0.25, 0.3) is 0 Å². The van der Waals surface area contributed by atoms with Gasteiger partial charge in [-0.05, 0) is 39.4 Å². The summed E-state index contributed by atoms with van der Waals surface area (Å²) in [5.41, 5.74) is 0. The quantitative estimate of drug-likeness (QED) is 0.530. The molecular weight excluding hydrogens is 164 g/mol. The van der Waals surface area contributed by atoms with Gasteiger partial charge in [-0.25, -0.2) is 0 Å². The van der Waals surface area contributed by atoms with E-state index in [1.165, 1.54) is 12.8 Å². The van der Waals surface area contributed by atoms with Gasteiger partial charge >= 0.3 is 0 Å². The van der Waals surface area contributed by atoms with Crippen molar-refractivity contribution < 1.29 is 4.74 Å². The van der Waals surface area contributed by atoms with Crippen molar-refractivity contribution in [3.8, 4) is 0 Å². The number of ether oxygens (including phenoxy) is 1. The van der Waals surface area contributed by atoms with E-state index < -0.39 is 0 Å². The Balaban J connectivity index is 2.91. The molecule has 0 amide bonds. The summed E-state index contributed by atoms with van der Waals surface area (Å²) in [5, 5.41) is 6.71. The molecular formula is C10H24N2O. The van der Waals surface area contributed by atoms with Crippen LogP contribution in [-0.2, 0) is 4.74 Å². The van der Waals surface area contributed by atoms with Crippen molar-refractivity contribution in [3.63, 3.8) is 0 Å². The molecule has 0 fully saturated rings. The summed E-state index contributed by atoms with van der Waals surface area (Å²) in [5.74, 6) is 0. The van der Waals surface area contributed by atoms with Crippen molar-refractivity contribution in [1.29, 1.82) is 0 Å². The maximum absolute atomic E-state index is 5.12. The van der Waals surface area contributed by atoms with Crippen LogP contribution >= 0.6 is 0 Å². The highest BCUT2D eigenvalue weighted by Crippen LogP contribution is 1.83. The topological polar surface area (TPSA) is 33.3 Å². The van der Waals surface area contributed by atoms with E-state index in [0.29, 0.717) is 6.10 Å². The summed E-state index contributed by atoms with van der Waals surface area (Å²) >= 11 is 0. The summed E-state index contributed by atoms with van der Waals surface area (Å²) in [7, 11) is 1.75. The Labute approximate surface area is 82.2 Å². The minimum Gasteiger partial charge on any atom is -0.380 e. The molecule has 0 aliphatic carbocycles. The Hall–Kier alpha value is -0.120. The number of methoxy groups -OCH3 is 1. The molecule has 0 aromatic carbocycles. The first-order valence-electron chi connectivity index (χ1n) is 5.25. The molecule has 0 bridgehead atoms. The van der Waals surface area contributed by atoms with Gasteiger partial charge in [0.05, 0.1) is 6.10 Å². The van der Waals surface area contributed by atoms with Crippen molar-refractivity contribution >= 4 is 0 Å². The molecule has 2 N–H and O–H groups in total. The fourth-order valence-corrected chi connectivity index (χ4v) is 1.03. The summed E-state index contributed by atoms with van der Waals surface area (Å²) in [6.45, 7) is 8.53. The molecule has 3 heteroatoms. The zero-order valence-corrected chi connectivity index (χ0v) is 9.23. The Morgan fingerprint density at radius 1 is 1.15 bits per heavy atom. The molecule has 0 aromatic rings. The van der Waals surface area contributed by atoms with E-state index in [9.17, 15) is 0 Å². The van der Waals surface area contributed by atoms with Crippen LogP contribution in [0.3, 0.4) is 0 Å². The van der Waals surface area contributed by atoms with Crippen LogP contribution in [0.5, 0.6) is 0 Å². The summed E-state index contributed by atoms with van der Waals surface area (Å²) in [6, 6.07) is 0. The van der Waals surface area contributed by atoms with Crippen LogP contribution in [0, 0.1) is 0 Å². The fourth-order valence-electron chi connectivity index (χ4n) is 1.03. The minimum absolute atomic E-state index is 0.323. The normalized spacial score (nSPS) is 13.2. The molecule has 0 spiro atoms. The first-order chi connectivity index (χ1) is 6.31. The molecule has 0 aliphatic rings.